The molecule has 94 valence electrons. The molecule has 0 atom stereocenters. The second-order valence-corrected chi connectivity index (χ2v) is 3.91. The predicted octanol–water partition coefficient (Wildman–Crippen LogP) is 2.57. The second kappa shape index (κ2) is 5.51. The molecule has 0 aromatic heterocycles. The van der Waals surface area contributed by atoms with Crippen LogP contribution in [0.4, 0.5) is 4.39 Å². The van der Waals surface area contributed by atoms with Gasteiger partial charge in [0.2, 0.25) is 0 Å². The number of ether oxygens (including phenoxy) is 1. The number of hydrogen-bond acceptors (Lipinski definition) is 3. The van der Waals surface area contributed by atoms with E-state index in [0.717, 1.165) is 5.56 Å². The Morgan fingerprint density at radius 3 is 2.72 bits per heavy atom. The molecule has 0 radical (unpaired) electrons. The summed E-state index contributed by atoms with van der Waals surface area (Å²) < 4.78 is 18.6. The Bertz CT molecular complexity index is 543. The molecule has 2 aromatic rings. The maximum Gasteiger partial charge on any atom is 0.124 e. The molecular weight excluding hydrogens is 233 g/mol. The van der Waals surface area contributed by atoms with E-state index in [1.54, 1.807) is 24.3 Å². The van der Waals surface area contributed by atoms with E-state index in [-0.39, 0.29) is 18.1 Å². The molecule has 0 aliphatic carbocycles. The van der Waals surface area contributed by atoms with Gasteiger partial charge in [0, 0.05) is 12.1 Å². The number of aromatic hydroxyl groups is 1. The van der Waals surface area contributed by atoms with Gasteiger partial charge in [-0.25, -0.2) is 4.39 Å². The topological polar surface area (TPSA) is 55.5 Å². The van der Waals surface area contributed by atoms with Gasteiger partial charge in [-0.3, -0.25) is 0 Å². The number of benzene rings is 2. The van der Waals surface area contributed by atoms with E-state index in [1.165, 1.54) is 12.1 Å². The smallest absolute Gasteiger partial charge is 0.124 e. The molecule has 18 heavy (non-hydrogen) atoms. The van der Waals surface area contributed by atoms with Gasteiger partial charge in [-0.15, -0.1) is 0 Å². The summed E-state index contributed by atoms with van der Waals surface area (Å²) in [4.78, 5) is 0. The van der Waals surface area contributed by atoms with Crippen molar-refractivity contribution in [1.82, 2.24) is 0 Å². The van der Waals surface area contributed by atoms with Crippen molar-refractivity contribution < 1.29 is 14.2 Å². The van der Waals surface area contributed by atoms with Crippen molar-refractivity contribution in [1.29, 1.82) is 0 Å². The molecule has 0 spiro atoms. The molecule has 4 heteroatoms. The minimum Gasteiger partial charge on any atom is -0.508 e. The second-order valence-electron chi connectivity index (χ2n) is 3.91. The number of phenols is 1. The third-order valence-electron chi connectivity index (χ3n) is 2.55. The van der Waals surface area contributed by atoms with Crippen LogP contribution >= 0.6 is 0 Å². The van der Waals surface area contributed by atoms with Crippen molar-refractivity contribution in [3.63, 3.8) is 0 Å². The van der Waals surface area contributed by atoms with Gasteiger partial charge in [-0.1, -0.05) is 12.1 Å². The van der Waals surface area contributed by atoms with E-state index in [9.17, 15) is 9.50 Å². The zero-order chi connectivity index (χ0) is 13.0. The average Bonchev–Trinajstić information content (AvgIpc) is 2.37. The minimum absolute atomic E-state index is 0.189. The third-order valence-corrected chi connectivity index (χ3v) is 2.55. The Hall–Kier alpha value is -2.07. The molecule has 0 unspecified atom stereocenters. The molecule has 3 nitrogen and oxygen atoms in total. The molecule has 0 aliphatic rings. The largest absolute Gasteiger partial charge is 0.508 e. The van der Waals surface area contributed by atoms with Crippen LogP contribution in [-0.2, 0) is 13.2 Å². The Morgan fingerprint density at radius 2 is 2.00 bits per heavy atom. The number of phenolic OH excluding ortho intramolecular Hbond substituents is 1. The van der Waals surface area contributed by atoms with Crippen LogP contribution in [-0.4, -0.2) is 5.11 Å². The van der Waals surface area contributed by atoms with Gasteiger partial charge in [0.1, 0.15) is 23.9 Å². The van der Waals surface area contributed by atoms with Gasteiger partial charge < -0.3 is 15.6 Å². The molecule has 0 amide bonds. The van der Waals surface area contributed by atoms with Gasteiger partial charge in [0.15, 0.2) is 0 Å². The quantitative estimate of drug-likeness (QED) is 0.873. The Balaban J connectivity index is 2.10. The highest BCUT2D eigenvalue weighted by atomic mass is 19.1. The van der Waals surface area contributed by atoms with Crippen LogP contribution in [0.25, 0.3) is 0 Å². The van der Waals surface area contributed by atoms with Crippen molar-refractivity contribution in [3.05, 3.63) is 59.4 Å². The van der Waals surface area contributed by atoms with Crippen molar-refractivity contribution in [2.75, 3.05) is 0 Å². The molecule has 0 heterocycles. The Labute approximate surface area is 105 Å². The molecular formula is C14H14FNO2. The van der Waals surface area contributed by atoms with Crippen LogP contribution in [0.5, 0.6) is 11.5 Å². The van der Waals surface area contributed by atoms with Crippen LogP contribution in [0.15, 0.2) is 42.5 Å². The summed E-state index contributed by atoms with van der Waals surface area (Å²) >= 11 is 0. The monoisotopic (exact) mass is 247 g/mol. The van der Waals surface area contributed by atoms with E-state index < -0.39 is 0 Å². The van der Waals surface area contributed by atoms with Gasteiger partial charge in [-0.05, 0) is 35.9 Å². The van der Waals surface area contributed by atoms with Crippen LogP contribution in [0.2, 0.25) is 0 Å². The first-order chi connectivity index (χ1) is 8.69. The van der Waals surface area contributed by atoms with Gasteiger partial charge in [0.25, 0.3) is 0 Å². The fourth-order valence-corrected chi connectivity index (χ4v) is 1.66. The first kappa shape index (κ1) is 12.4. The fourth-order valence-electron chi connectivity index (χ4n) is 1.66. The first-order valence-electron chi connectivity index (χ1n) is 5.58. The van der Waals surface area contributed by atoms with E-state index in [4.69, 9.17) is 10.5 Å². The maximum atomic E-state index is 13.0. The van der Waals surface area contributed by atoms with E-state index in [2.05, 4.69) is 0 Å². The lowest BCUT2D eigenvalue weighted by molar-refractivity contribution is 0.301. The van der Waals surface area contributed by atoms with Gasteiger partial charge >= 0.3 is 0 Å². The van der Waals surface area contributed by atoms with Crippen molar-refractivity contribution >= 4 is 0 Å². The lowest BCUT2D eigenvalue weighted by atomic mass is 10.2. The molecule has 2 rings (SSSR count). The molecule has 0 saturated carbocycles. The number of nitrogens with two attached hydrogens (primary N) is 1. The van der Waals surface area contributed by atoms with Crippen molar-refractivity contribution in [2.24, 2.45) is 5.73 Å². The van der Waals surface area contributed by atoms with Crippen LogP contribution in [0.1, 0.15) is 11.1 Å². The van der Waals surface area contributed by atoms with Crippen LogP contribution < -0.4 is 10.5 Å². The third kappa shape index (κ3) is 2.99. The minimum atomic E-state index is -0.333. The van der Waals surface area contributed by atoms with E-state index in [0.29, 0.717) is 17.9 Å². The zero-order valence-electron chi connectivity index (χ0n) is 9.77. The summed E-state index contributed by atoms with van der Waals surface area (Å²) in [5.41, 5.74) is 6.98. The van der Waals surface area contributed by atoms with Crippen LogP contribution in [0.3, 0.4) is 0 Å². The molecule has 0 aliphatic heterocycles. The SMILES string of the molecule is NCc1cc(F)ccc1OCc1cccc(O)c1. The summed E-state index contributed by atoms with van der Waals surface area (Å²) in [6, 6.07) is 11.0. The normalized spacial score (nSPS) is 10.3. The Morgan fingerprint density at radius 1 is 1.17 bits per heavy atom. The fraction of sp³-hybridized carbons (Fsp3) is 0.143. The molecule has 3 N–H and O–H groups in total. The average molecular weight is 247 g/mol. The standard InChI is InChI=1S/C14H14FNO2/c15-12-4-5-14(11(7-12)8-16)18-9-10-2-1-3-13(17)6-10/h1-7,17H,8-9,16H2. The van der Waals surface area contributed by atoms with Gasteiger partial charge in [-0.2, -0.15) is 0 Å². The maximum absolute atomic E-state index is 13.0. The number of hydrogen-bond donors (Lipinski definition) is 2. The van der Waals surface area contributed by atoms with Gasteiger partial charge in [0.05, 0.1) is 0 Å². The molecule has 0 fully saturated rings. The van der Waals surface area contributed by atoms with Crippen LogP contribution in [0, 0.1) is 5.82 Å². The summed E-state index contributed by atoms with van der Waals surface area (Å²) in [6.07, 6.45) is 0. The lowest BCUT2D eigenvalue weighted by Gasteiger charge is -2.10. The number of halogens is 1. The highest BCUT2D eigenvalue weighted by molar-refractivity contribution is 5.34. The van der Waals surface area contributed by atoms with Crippen molar-refractivity contribution in [3.8, 4) is 11.5 Å². The molecule has 0 saturated heterocycles. The Kier molecular flexibility index (Phi) is 3.79. The predicted molar refractivity (Wildman–Crippen MR) is 66.7 cm³/mol. The van der Waals surface area contributed by atoms with Crippen molar-refractivity contribution in [2.45, 2.75) is 13.2 Å². The highest BCUT2D eigenvalue weighted by Gasteiger charge is 2.04. The molecule has 0 bridgehead atoms. The summed E-state index contributed by atoms with van der Waals surface area (Å²) in [7, 11) is 0. The van der Waals surface area contributed by atoms with E-state index in [1.807, 2.05) is 6.07 Å². The highest BCUT2D eigenvalue weighted by Crippen LogP contribution is 2.21. The zero-order valence-corrected chi connectivity index (χ0v) is 9.77. The summed E-state index contributed by atoms with van der Waals surface area (Å²) in [5, 5.41) is 9.32. The first-order valence-corrected chi connectivity index (χ1v) is 5.58. The number of rotatable bonds is 4. The molecule has 2 aromatic carbocycles. The summed E-state index contributed by atoms with van der Waals surface area (Å²) in [6.45, 7) is 0.514. The summed E-state index contributed by atoms with van der Waals surface area (Å²) in [5.74, 6) is 0.414. The lowest BCUT2D eigenvalue weighted by Crippen LogP contribution is -2.03. The van der Waals surface area contributed by atoms with E-state index >= 15 is 0 Å².